The van der Waals surface area contributed by atoms with Gasteiger partial charge in [0, 0.05) is 19.6 Å². The Kier molecular flexibility index (Phi) is 6.76. The molecule has 0 bridgehead atoms. The van der Waals surface area contributed by atoms with Crippen LogP contribution in [0.25, 0.3) is 0 Å². The molecule has 0 radical (unpaired) electrons. The van der Waals surface area contributed by atoms with E-state index in [1.54, 1.807) is 27.7 Å². The minimum atomic E-state index is -3.58. The number of aromatic nitrogens is 2. The predicted octanol–water partition coefficient (Wildman–Crippen LogP) is 1.30. The molecule has 0 spiro atoms. The molecule has 1 N–H and O–H groups in total. The van der Waals surface area contributed by atoms with Gasteiger partial charge in [0.05, 0.1) is 11.4 Å². The van der Waals surface area contributed by atoms with Crippen LogP contribution in [0.3, 0.4) is 0 Å². The normalized spacial score (nSPS) is 12.2. The summed E-state index contributed by atoms with van der Waals surface area (Å²) in [6.07, 6.45) is 0. The fraction of sp³-hybridized carbons (Fsp3) is 0.733. The number of nitrogens with zero attached hydrogens (tertiary/aromatic N) is 3. The summed E-state index contributed by atoms with van der Waals surface area (Å²) in [7, 11) is -3.58. The quantitative estimate of drug-likeness (QED) is 0.770. The van der Waals surface area contributed by atoms with E-state index in [2.05, 4.69) is 10.4 Å². The molecule has 0 aliphatic rings. The molecule has 0 fully saturated rings. The Morgan fingerprint density at radius 1 is 1.26 bits per heavy atom. The van der Waals surface area contributed by atoms with Gasteiger partial charge < -0.3 is 5.32 Å². The van der Waals surface area contributed by atoms with Gasteiger partial charge >= 0.3 is 0 Å². The van der Waals surface area contributed by atoms with Gasteiger partial charge in [-0.15, -0.1) is 0 Å². The Morgan fingerprint density at radius 2 is 1.83 bits per heavy atom. The summed E-state index contributed by atoms with van der Waals surface area (Å²) in [6, 6.07) is 0. The third kappa shape index (κ3) is 4.54. The minimum absolute atomic E-state index is 0.0210. The Balaban J connectivity index is 3.07. The first kappa shape index (κ1) is 19.6. The lowest BCUT2D eigenvalue weighted by molar-refractivity contribution is -0.122. The lowest BCUT2D eigenvalue weighted by Gasteiger charge is -2.18. The zero-order chi connectivity index (χ0) is 17.8. The number of carbonyl (C=O) groups excluding carboxylic acids is 1. The van der Waals surface area contributed by atoms with E-state index in [0.717, 1.165) is 0 Å². The van der Waals surface area contributed by atoms with Gasteiger partial charge in [0.25, 0.3) is 0 Å². The molecule has 0 aromatic carbocycles. The topological polar surface area (TPSA) is 84.3 Å². The van der Waals surface area contributed by atoms with Crippen LogP contribution >= 0.6 is 0 Å². The molecule has 8 heteroatoms. The largest absolute Gasteiger partial charge is 0.354 e. The highest BCUT2D eigenvalue weighted by molar-refractivity contribution is 7.89. The second-order valence-electron chi connectivity index (χ2n) is 5.94. The number of sulfonamides is 1. The van der Waals surface area contributed by atoms with E-state index in [1.165, 1.54) is 8.99 Å². The molecule has 0 atom stereocenters. The van der Waals surface area contributed by atoms with Crippen LogP contribution in [0.4, 0.5) is 0 Å². The molecule has 0 saturated heterocycles. The van der Waals surface area contributed by atoms with Crippen molar-refractivity contribution in [2.24, 2.45) is 5.92 Å². The van der Waals surface area contributed by atoms with Crippen molar-refractivity contribution >= 4 is 15.9 Å². The number of hydrogen-bond acceptors (Lipinski definition) is 4. The lowest BCUT2D eigenvalue weighted by Crippen LogP contribution is -2.32. The second-order valence-corrected chi connectivity index (χ2v) is 7.82. The van der Waals surface area contributed by atoms with Gasteiger partial charge in [-0.3, -0.25) is 9.48 Å². The van der Waals surface area contributed by atoms with Crippen molar-refractivity contribution in [3.63, 3.8) is 0 Å². The first-order valence-corrected chi connectivity index (χ1v) is 9.39. The van der Waals surface area contributed by atoms with Crippen LogP contribution in [0.2, 0.25) is 0 Å². The van der Waals surface area contributed by atoms with Crippen molar-refractivity contribution in [1.82, 2.24) is 19.4 Å². The fourth-order valence-corrected chi connectivity index (χ4v) is 4.24. The van der Waals surface area contributed by atoms with Crippen molar-refractivity contribution in [2.45, 2.75) is 53.0 Å². The van der Waals surface area contributed by atoms with Crippen molar-refractivity contribution in [2.75, 3.05) is 19.6 Å². The Bertz CT molecular complexity index is 646. The number of rotatable bonds is 8. The van der Waals surface area contributed by atoms with Crippen molar-refractivity contribution in [1.29, 1.82) is 0 Å². The summed E-state index contributed by atoms with van der Waals surface area (Å²) >= 11 is 0. The third-order valence-electron chi connectivity index (χ3n) is 3.62. The summed E-state index contributed by atoms with van der Waals surface area (Å²) in [5.41, 5.74) is 0.917. The highest BCUT2D eigenvalue weighted by Gasteiger charge is 2.29. The number of nitrogens with one attached hydrogen (secondary N) is 1. The van der Waals surface area contributed by atoms with E-state index >= 15 is 0 Å². The van der Waals surface area contributed by atoms with Crippen LogP contribution in [0.1, 0.15) is 39.1 Å². The van der Waals surface area contributed by atoms with E-state index in [4.69, 9.17) is 0 Å². The summed E-state index contributed by atoms with van der Waals surface area (Å²) < 4.78 is 28.3. The van der Waals surface area contributed by atoms with Crippen LogP contribution in [0, 0.1) is 19.8 Å². The summed E-state index contributed by atoms with van der Waals surface area (Å²) in [5, 5.41) is 7.06. The van der Waals surface area contributed by atoms with E-state index in [9.17, 15) is 13.2 Å². The summed E-state index contributed by atoms with van der Waals surface area (Å²) in [6.45, 7) is 12.4. The van der Waals surface area contributed by atoms with Gasteiger partial charge in [-0.1, -0.05) is 27.7 Å². The van der Waals surface area contributed by atoms with E-state index in [1.807, 2.05) is 13.8 Å². The molecular weight excluding hydrogens is 316 g/mol. The monoisotopic (exact) mass is 344 g/mol. The third-order valence-corrected chi connectivity index (χ3v) is 5.92. The summed E-state index contributed by atoms with van der Waals surface area (Å²) in [4.78, 5) is 12.2. The zero-order valence-electron chi connectivity index (χ0n) is 14.9. The van der Waals surface area contributed by atoms with Gasteiger partial charge in [0.1, 0.15) is 11.4 Å². The average molecular weight is 344 g/mol. The number of carbonyl (C=O) groups is 1. The fourth-order valence-electron chi connectivity index (χ4n) is 2.41. The first-order chi connectivity index (χ1) is 10.6. The van der Waals surface area contributed by atoms with Crippen LogP contribution in [0.5, 0.6) is 0 Å². The molecule has 1 heterocycles. The molecule has 1 amide bonds. The standard InChI is InChI=1S/C15H28N4O3S/c1-7-18(8-2)23(21,22)15-12(5)17-19(13(15)6)10-14(20)16-9-11(3)4/h11H,7-10H2,1-6H3,(H,16,20). The molecule has 132 valence electrons. The van der Waals surface area contributed by atoms with Crippen LogP contribution in [0.15, 0.2) is 4.90 Å². The van der Waals surface area contributed by atoms with Gasteiger partial charge in [0.15, 0.2) is 0 Å². The molecular formula is C15H28N4O3S. The van der Waals surface area contributed by atoms with Crippen LogP contribution < -0.4 is 5.32 Å². The molecule has 0 unspecified atom stereocenters. The Labute approximate surface area is 139 Å². The maximum atomic E-state index is 12.7. The van der Waals surface area contributed by atoms with Crippen molar-refractivity contribution in [3.8, 4) is 0 Å². The highest BCUT2D eigenvalue weighted by Crippen LogP contribution is 2.23. The molecule has 0 aliphatic carbocycles. The predicted molar refractivity (Wildman–Crippen MR) is 89.7 cm³/mol. The SMILES string of the molecule is CCN(CC)S(=O)(=O)c1c(C)nn(CC(=O)NCC(C)C)c1C. The van der Waals surface area contributed by atoms with Crippen LogP contribution in [-0.4, -0.2) is 48.0 Å². The number of amides is 1. The highest BCUT2D eigenvalue weighted by atomic mass is 32.2. The van der Waals surface area contributed by atoms with Gasteiger partial charge in [0.2, 0.25) is 15.9 Å². The minimum Gasteiger partial charge on any atom is -0.354 e. The maximum absolute atomic E-state index is 12.7. The van der Waals surface area contributed by atoms with Crippen molar-refractivity contribution in [3.05, 3.63) is 11.4 Å². The van der Waals surface area contributed by atoms with E-state index in [0.29, 0.717) is 36.9 Å². The maximum Gasteiger partial charge on any atom is 0.246 e. The Hall–Kier alpha value is -1.41. The van der Waals surface area contributed by atoms with Gasteiger partial charge in [-0.05, 0) is 19.8 Å². The number of hydrogen-bond donors (Lipinski definition) is 1. The van der Waals surface area contributed by atoms with Crippen molar-refractivity contribution < 1.29 is 13.2 Å². The molecule has 1 aromatic heterocycles. The van der Waals surface area contributed by atoms with E-state index in [-0.39, 0.29) is 17.3 Å². The molecule has 0 aliphatic heterocycles. The van der Waals surface area contributed by atoms with Gasteiger partial charge in [-0.2, -0.15) is 9.40 Å². The molecule has 1 rings (SSSR count). The van der Waals surface area contributed by atoms with E-state index < -0.39 is 10.0 Å². The van der Waals surface area contributed by atoms with Gasteiger partial charge in [-0.25, -0.2) is 8.42 Å². The molecule has 23 heavy (non-hydrogen) atoms. The molecule has 1 aromatic rings. The zero-order valence-corrected chi connectivity index (χ0v) is 15.7. The molecule has 0 saturated carbocycles. The average Bonchev–Trinajstić information content (AvgIpc) is 2.72. The van der Waals surface area contributed by atoms with Crippen LogP contribution in [-0.2, 0) is 21.4 Å². The number of aryl methyl sites for hydroxylation is 1. The first-order valence-electron chi connectivity index (χ1n) is 7.95. The molecule has 7 nitrogen and oxygen atoms in total. The second kappa shape index (κ2) is 7.92. The smallest absolute Gasteiger partial charge is 0.246 e. The summed E-state index contributed by atoms with van der Waals surface area (Å²) in [5.74, 6) is 0.189. The lowest BCUT2D eigenvalue weighted by atomic mass is 10.2. The Morgan fingerprint density at radius 3 is 2.30 bits per heavy atom.